The van der Waals surface area contributed by atoms with Gasteiger partial charge in [-0.1, -0.05) is 24.3 Å². The van der Waals surface area contributed by atoms with Crippen LogP contribution in [0.1, 0.15) is 16.7 Å². The van der Waals surface area contributed by atoms with Crippen molar-refractivity contribution in [1.29, 1.82) is 5.26 Å². The van der Waals surface area contributed by atoms with Crippen molar-refractivity contribution in [2.75, 3.05) is 30.0 Å². The molecule has 5 nitrogen and oxygen atoms in total. The summed E-state index contributed by atoms with van der Waals surface area (Å²) in [4.78, 5) is 10.6. The Morgan fingerprint density at radius 3 is 2.36 bits per heavy atom. The first-order valence-corrected chi connectivity index (χ1v) is 8.38. The van der Waals surface area contributed by atoms with Gasteiger partial charge in [-0.15, -0.1) is 11.8 Å². The molecule has 1 aromatic heterocycles. The van der Waals surface area contributed by atoms with Crippen molar-refractivity contribution in [1.82, 2.24) is 9.97 Å². The van der Waals surface area contributed by atoms with Crippen LogP contribution in [0.25, 0.3) is 0 Å². The molecule has 0 saturated carbocycles. The maximum atomic E-state index is 9.48. The van der Waals surface area contributed by atoms with Gasteiger partial charge in [-0.3, -0.25) is 0 Å². The number of thioether (sulfide) groups is 1. The third-order valence-corrected chi connectivity index (χ3v) is 4.58. The number of rotatable bonds is 2. The van der Waals surface area contributed by atoms with E-state index in [0.717, 1.165) is 25.9 Å². The third-order valence-electron chi connectivity index (χ3n) is 3.90. The fraction of sp³-hybridized carbons (Fsp3) is 0.312. The van der Waals surface area contributed by atoms with E-state index in [2.05, 4.69) is 45.2 Å². The highest BCUT2D eigenvalue weighted by Crippen LogP contribution is 2.28. The molecule has 0 fully saturated rings. The molecule has 1 aromatic carbocycles. The SMILES string of the molecule is CSc1nc(N)nc(N2CCc3ccccc3CC2)c1C#N. The lowest BCUT2D eigenvalue weighted by Crippen LogP contribution is -2.28. The highest BCUT2D eigenvalue weighted by atomic mass is 32.2. The number of fused-ring (bicyclic) bond motifs is 1. The van der Waals surface area contributed by atoms with E-state index >= 15 is 0 Å². The summed E-state index contributed by atoms with van der Waals surface area (Å²) in [6, 6.07) is 10.7. The summed E-state index contributed by atoms with van der Waals surface area (Å²) in [6.07, 6.45) is 3.78. The van der Waals surface area contributed by atoms with E-state index in [-0.39, 0.29) is 5.95 Å². The Morgan fingerprint density at radius 1 is 1.18 bits per heavy atom. The van der Waals surface area contributed by atoms with Gasteiger partial charge in [0, 0.05) is 13.1 Å². The molecular weight excluding hydrogens is 294 g/mol. The van der Waals surface area contributed by atoms with Crippen molar-refractivity contribution < 1.29 is 0 Å². The zero-order valence-corrected chi connectivity index (χ0v) is 13.2. The number of nitrogen functional groups attached to an aromatic ring is 1. The monoisotopic (exact) mass is 311 g/mol. The number of anilines is 2. The largest absolute Gasteiger partial charge is 0.368 e. The summed E-state index contributed by atoms with van der Waals surface area (Å²) in [7, 11) is 0. The highest BCUT2D eigenvalue weighted by molar-refractivity contribution is 7.98. The molecule has 3 rings (SSSR count). The molecule has 112 valence electrons. The number of benzene rings is 1. The number of hydrogen-bond acceptors (Lipinski definition) is 6. The second kappa shape index (κ2) is 6.24. The Labute approximate surface area is 134 Å². The summed E-state index contributed by atoms with van der Waals surface area (Å²) >= 11 is 1.42. The third kappa shape index (κ3) is 2.72. The van der Waals surface area contributed by atoms with Gasteiger partial charge in [0.2, 0.25) is 5.95 Å². The highest BCUT2D eigenvalue weighted by Gasteiger charge is 2.21. The molecule has 0 bridgehead atoms. The maximum Gasteiger partial charge on any atom is 0.223 e. The van der Waals surface area contributed by atoms with Crippen molar-refractivity contribution in [2.45, 2.75) is 17.9 Å². The Morgan fingerprint density at radius 2 is 1.82 bits per heavy atom. The molecule has 0 radical (unpaired) electrons. The topological polar surface area (TPSA) is 78.8 Å². The Hall–Kier alpha value is -2.26. The minimum absolute atomic E-state index is 0.222. The van der Waals surface area contributed by atoms with Crippen LogP contribution in [-0.4, -0.2) is 29.3 Å². The number of nitrogens with zero attached hydrogens (tertiary/aromatic N) is 4. The number of nitriles is 1. The van der Waals surface area contributed by atoms with E-state index in [1.54, 1.807) is 0 Å². The van der Waals surface area contributed by atoms with Gasteiger partial charge in [0.1, 0.15) is 16.7 Å². The van der Waals surface area contributed by atoms with Crippen molar-refractivity contribution in [2.24, 2.45) is 0 Å². The average molecular weight is 311 g/mol. The van der Waals surface area contributed by atoms with Crippen LogP contribution in [0.3, 0.4) is 0 Å². The lowest BCUT2D eigenvalue weighted by atomic mass is 10.0. The van der Waals surface area contributed by atoms with E-state index < -0.39 is 0 Å². The molecule has 0 spiro atoms. The van der Waals surface area contributed by atoms with Crippen molar-refractivity contribution in [3.63, 3.8) is 0 Å². The van der Waals surface area contributed by atoms with Crippen LogP contribution >= 0.6 is 11.8 Å². The molecule has 0 aliphatic carbocycles. The molecule has 1 aliphatic rings. The first kappa shape index (κ1) is 14.7. The molecule has 0 saturated heterocycles. The van der Waals surface area contributed by atoms with E-state index in [4.69, 9.17) is 5.73 Å². The molecule has 0 amide bonds. The lowest BCUT2D eigenvalue weighted by molar-refractivity contribution is 0.782. The maximum absolute atomic E-state index is 9.48. The molecule has 2 N–H and O–H groups in total. The molecule has 1 aliphatic heterocycles. The van der Waals surface area contributed by atoms with Gasteiger partial charge < -0.3 is 10.6 Å². The van der Waals surface area contributed by atoms with Crippen molar-refractivity contribution >= 4 is 23.5 Å². The summed E-state index contributed by atoms with van der Waals surface area (Å²) in [5.74, 6) is 0.882. The zero-order chi connectivity index (χ0) is 15.5. The zero-order valence-electron chi connectivity index (χ0n) is 12.4. The fourth-order valence-corrected chi connectivity index (χ4v) is 3.32. The summed E-state index contributed by atoms with van der Waals surface area (Å²) in [6.45, 7) is 1.66. The summed E-state index contributed by atoms with van der Waals surface area (Å²) in [5.41, 5.74) is 9.08. The second-order valence-corrected chi connectivity index (χ2v) is 5.95. The van der Waals surface area contributed by atoms with Crippen LogP contribution in [0.2, 0.25) is 0 Å². The van der Waals surface area contributed by atoms with Crippen LogP contribution < -0.4 is 10.6 Å². The molecule has 2 aromatic rings. The predicted molar refractivity (Wildman–Crippen MR) is 89.0 cm³/mol. The van der Waals surface area contributed by atoms with Crippen LogP contribution in [0.4, 0.5) is 11.8 Å². The van der Waals surface area contributed by atoms with Gasteiger partial charge in [-0.25, -0.2) is 4.98 Å². The number of nitrogens with two attached hydrogens (primary N) is 1. The first-order chi connectivity index (χ1) is 10.7. The van der Waals surface area contributed by atoms with Gasteiger partial charge >= 0.3 is 0 Å². The standard InChI is InChI=1S/C16H17N5S/c1-22-15-13(10-17)14(19-16(18)20-15)21-8-6-11-4-2-3-5-12(11)7-9-21/h2-5H,6-9H2,1H3,(H2,18,19,20). The number of aromatic nitrogens is 2. The van der Waals surface area contributed by atoms with E-state index in [0.29, 0.717) is 16.4 Å². The van der Waals surface area contributed by atoms with Gasteiger partial charge in [-0.2, -0.15) is 10.2 Å². The van der Waals surface area contributed by atoms with E-state index in [1.807, 2.05) is 6.26 Å². The van der Waals surface area contributed by atoms with E-state index in [1.165, 1.54) is 22.9 Å². The van der Waals surface area contributed by atoms with Gasteiger partial charge in [0.25, 0.3) is 0 Å². The minimum atomic E-state index is 0.222. The first-order valence-electron chi connectivity index (χ1n) is 7.16. The minimum Gasteiger partial charge on any atom is -0.368 e. The van der Waals surface area contributed by atoms with Crippen LogP contribution in [0.5, 0.6) is 0 Å². The normalized spacial score (nSPS) is 14.1. The van der Waals surface area contributed by atoms with Crippen LogP contribution in [-0.2, 0) is 12.8 Å². The van der Waals surface area contributed by atoms with E-state index in [9.17, 15) is 5.26 Å². The molecule has 2 heterocycles. The van der Waals surface area contributed by atoms with Crippen LogP contribution in [0, 0.1) is 11.3 Å². The molecule has 0 unspecified atom stereocenters. The number of hydrogen-bond donors (Lipinski definition) is 1. The van der Waals surface area contributed by atoms with Gasteiger partial charge in [-0.05, 0) is 30.2 Å². The van der Waals surface area contributed by atoms with Crippen molar-refractivity contribution in [3.05, 3.63) is 41.0 Å². The lowest BCUT2D eigenvalue weighted by Gasteiger charge is -2.23. The predicted octanol–water partition coefficient (Wildman–Crippen LogP) is 2.26. The molecule has 6 heteroatoms. The molecular formula is C16H17N5S. The second-order valence-electron chi connectivity index (χ2n) is 5.16. The van der Waals surface area contributed by atoms with Crippen molar-refractivity contribution in [3.8, 4) is 6.07 Å². The fourth-order valence-electron chi connectivity index (χ4n) is 2.80. The quantitative estimate of drug-likeness (QED) is 0.677. The molecule has 22 heavy (non-hydrogen) atoms. The summed E-state index contributed by atoms with van der Waals surface area (Å²) in [5, 5.41) is 10.1. The van der Waals surface area contributed by atoms with Gasteiger partial charge in [0.05, 0.1) is 0 Å². The Bertz CT molecular complexity index is 711. The Kier molecular flexibility index (Phi) is 4.16. The van der Waals surface area contributed by atoms with Gasteiger partial charge in [0.15, 0.2) is 5.82 Å². The smallest absolute Gasteiger partial charge is 0.223 e. The van der Waals surface area contributed by atoms with Crippen LogP contribution in [0.15, 0.2) is 29.3 Å². The molecule has 0 atom stereocenters. The summed E-state index contributed by atoms with van der Waals surface area (Å²) < 4.78 is 0. The Balaban J connectivity index is 1.96. The average Bonchev–Trinajstić information content (AvgIpc) is 2.76.